The summed E-state index contributed by atoms with van der Waals surface area (Å²) in [6.07, 6.45) is 18.5. The Labute approximate surface area is 159 Å². The van der Waals surface area contributed by atoms with E-state index >= 15 is 0 Å². The molecule has 2 fully saturated rings. The lowest BCUT2D eigenvalue weighted by Gasteiger charge is -2.37. The zero-order chi connectivity index (χ0) is 18.2. The van der Waals surface area contributed by atoms with Crippen LogP contribution in [0.25, 0.3) is 0 Å². The van der Waals surface area contributed by atoms with Gasteiger partial charge in [-0.3, -0.25) is 0 Å². The zero-order valence-electron chi connectivity index (χ0n) is 16.2. The van der Waals surface area contributed by atoms with E-state index in [1.165, 1.54) is 76.3 Å². The van der Waals surface area contributed by atoms with Gasteiger partial charge >= 0.3 is 0 Å². The molecule has 0 unspecified atom stereocenters. The van der Waals surface area contributed by atoms with Gasteiger partial charge in [-0.15, -0.1) is 0 Å². The van der Waals surface area contributed by atoms with Crippen LogP contribution in [0.15, 0.2) is 36.4 Å². The highest BCUT2D eigenvalue weighted by atomic mass is 19.1. The summed E-state index contributed by atoms with van der Waals surface area (Å²) < 4.78 is 12.9. The van der Waals surface area contributed by atoms with Gasteiger partial charge in [0.1, 0.15) is 5.82 Å². The van der Waals surface area contributed by atoms with Crippen LogP contribution < -0.4 is 0 Å². The second-order valence-corrected chi connectivity index (χ2v) is 8.38. The van der Waals surface area contributed by atoms with Crippen molar-refractivity contribution in [3.05, 3.63) is 47.8 Å². The molecular weight excluding hydrogens is 319 g/mol. The highest BCUT2D eigenvalue weighted by Gasteiger charge is 2.29. The summed E-state index contributed by atoms with van der Waals surface area (Å²) in [5, 5.41) is 0. The lowest BCUT2D eigenvalue weighted by molar-refractivity contribution is 0.152. The first-order chi connectivity index (χ1) is 12.7. The lowest BCUT2D eigenvalue weighted by atomic mass is 9.69. The molecule has 1 aromatic carbocycles. The van der Waals surface area contributed by atoms with E-state index in [1.807, 2.05) is 6.08 Å². The maximum Gasteiger partial charge on any atom is 0.123 e. The number of hydrogen-bond donors (Lipinski definition) is 0. The predicted octanol–water partition coefficient (Wildman–Crippen LogP) is 7.15. The van der Waals surface area contributed by atoms with Crippen LogP contribution in [-0.4, -0.2) is 0 Å². The van der Waals surface area contributed by atoms with Crippen molar-refractivity contribution in [1.82, 2.24) is 0 Å². The average Bonchev–Trinajstić information content (AvgIpc) is 2.68. The summed E-state index contributed by atoms with van der Waals surface area (Å²) in [5.41, 5.74) is 0.874. The van der Waals surface area contributed by atoms with Crippen molar-refractivity contribution in [1.29, 1.82) is 0 Å². The second kappa shape index (κ2) is 9.96. The van der Waals surface area contributed by atoms with Crippen molar-refractivity contribution >= 4 is 0 Å². The normalized spacial score (nSPS) is 29.3. The second-order valence-electron chi connectivity index (χ2n) is 8.38. The minimum absolute atomic E-state index is 0.207. The number of halogens is 1. The van der Waals surface area contributed by atoms with Crippen LogP contribution in [0.1, 0.15) is 76.7 Å². The molecule has 0 nitrogen and oxygen atoms in total. The van der Waals surface area contributed by atoms with Gasteiger partial charge < -0.3 is 0 Å². The molecule has 0 N–H and O–H groups in total. The molecule has 0 bridgehead atoms. The largest absolute Gasteiger partial charge is 0.207 e. The van der Waals surface area contributed by atoms with Crippen molar-refractivity contribution in [2.24, 2.45) is 23.7 Å². The molecule has 2 aliphatic rings. The van der Waals surface area contributed by atoms with E-state index in [2.05, 4.69) is 24.8 Å². The summed E-state index contributed by atoms with van der Waals surface area (Å²) >= 11 is 0. The molecule has 3 rings (SSSR count). The van der Waals surface area contributed by atoms with Crippen LogP contribution >= 0.6 is 0 Å². The molecule has 0 amide bonds. The smallest absolute Gasteiger partial charge is 0.123 e. The third kappa shape index (κ3) is 5.73. The van der Waals surface area contributed by atoms with E-state index in [-0.39, 0.29) is 5.82 Å². The molecule has 2 aliphatic carbocycles. The van der Waals surface area contributed by atoms with E-state index < -0.39 is 0 Å². The SMILES string of the molecule is CCCC1CCC(C2CCC(/C=C/C#Cc3ccc(F)cc3)CC2)CC1. The third-order valence-electron chi connectivity index (χ3n) is 6.58. The van der Waals surface area contributed by atoms with Crippen molar-refractivity contribution in [3.8, 4) is 11.8 Å². The van der Waals surface area contributed by atoms with E-state index in [1.54, 1.807) is 12.1 Å². The van der Waals surface area contributed by atoms with Gasteiger partial charge in [0.2, 0.25) is 0 Å². The highest BCUT2D eigenvalue weighted by molar-refractivity contribution is 5.36. The van der Waals surface area contributed by atoms with Gasteiger partial charge in [0.25, 0.3) is 0 Å². The molecule has 140 valence electrons. The minimum Gasteiger partial charge on any atom is -0.207 e. The van der Waals surface area contributed by atoms with Crippen molar-refractivity contribution in [3.63, 3.8) is 0 Å². The maximum atomic E-state index is 12.9. The Bertz CT molecular complexity index is 614. The number of allylic oxidation sites excluding steroid dienone is 2. The molecule has 26 heavy (non-hydrogen) atoms. The fourth-order valence-electron chi connectivity index (χ4n) is 5.01. The fourth-order valence-corrected chi connectivity index (χ4v) is 5.01. The molecule has 1 aromatic rings. The van der Waals surface area contributed by atoms with E-state index in [4.69, 9.17) is 0 Å². The minimum atomic E-state index is -0.207. The van der Waals surface area contributed by atoms with E-state index in [9.17, 15) is 4.39 Å². The molecule has 0 aromatic heterocycles. The maximum absolute atomic E-state index is 12.9. The molecule has 1 heteroatoms. The first kappa shape index (κ1) is 19.2. The summed E-state index contributed by atoms with van der Waals surface area (Å²) in [5.74, 6) is 9.69. The van der Waals surface area contributed by atoms with Gasteiger partial charge in [0, 0.05) is 5.56 Å². The molecule has 0 saturated heterocycles. The van der Waals surface area contributed by atoms with Crippen LogP contribution in [0.4, 0.5) is 4.39 Å². The number of hydrogen-bond acceptors (Lipinski definition) is 0. The Balaban J connectivity index is 1.39. The lowest BCUT2D eigenvalue weighted by Crippen LogP contribution is -2.25. The molecule has 0 atom stereocenters. The van der Waals surface area contributed by atoms with Gasteiger partial charge in [-0.05, 0) is 92.5 Å². The van der Waals surface area contributed by atoms with Crippen LogP contribution in [0.3, 0.4) is 0 Å². The Kier molecular flexibility index (Phi) is 7.36. The summed E-state index contributed by atoms with van der Waals surface area (Å²) in [4.78, 5) is 0. The summed E-state index contributed by atoms with van der Waals surface area (Å²) in [6.45, 7) is 2.32. The Hall–Kier alpha value is -1.55. The Morgan fingerprint density at radius 1 is 0.923 bits per heavy atom. The average molecular weight is 353 g/mol. The first-order valence-electron chi connectivity index (χ1n) is 10.7. The van der Waals surface area contributed by atoms with E-state index in [0.29, 0.717) is 5.92 Å². The van der Waals surface area contributed by atoms with Gasteiger partial charge in [-0.25, -0.2) is 4.39 Å². The van der Waals surface area contributed by atoms with E-state index in [0.717, 1.165) is 23.3 Å². The van der Waals surface area contributed by atoms with Crippen molar-refractivity contribution in [2.45, 2.75) is 71.1 Å². The number of rotatable bonds is 4. The topological polar surface area (TPSA) is 0 Å². The molecule has 2 saturated carbocycles. The molecule has 0 aliphatic heterocycles. The molecule has 0 heterocycles. The van der Waals surface area contributed by atoms with Crippen LogP contribution in [-0.2, 0) is 0 Å². The third-order valence-corrected chi connectivity index (χ3v) is 6.58. The molecular formula is C25H33F. The van der Waals surface area contributed by atoms with Crippen LogP contribution in [0.2, 0.25) is 0 Å². The quantitative estimate of drug-likeness (QED) is 0.505. The van der Waals surface area contributed by atoms with Crippen molar-refractivity contribution in [2.75, 3.05) is 0 Å². The highest BCUT2D eigenvalue weighted by Crippen LogP contribution is 2.42. The van der Waals surface area contributed by atoms with Gasteiger partial charge in [-0.1, -0.05) is 50.5 Å². The monoisotopic (exact) mass is 352 g/mol. The predicted molar refractivity (Wildman–Crippen MR) is 108 cm³/mol. The zero-order valence-corrected chi connectivity index (χ0v) is 16.2. The van der Waals surface area contributed by atoms with Crippen LogP contribution in [0, 0.1) is 41.3 Å². The first-order valence-corrected chi connectivity index (χ1v) is 10.7. The Morgan fingerprint density at radius 2 is 1.54 bits per heavy atom. The summed E-state index contributed by atoms with van der Waals surface area (Å²) in [6, 6.07) is 6.39. The van der Waals surface area contributed by atoms with Gasteiger partial charge in [-0.2, -0.15) is 0 Å². The Morgan fingerprint density at radius 3 is 2.15 bits per heavy atom. The van der Waals surface area contributed by atoms with Crippen molar-refractivity contribution < 1.29 is 4.39 Å². The summed E-state index contributed by atoms with van der Waals surface area (Å²) in [7, 11) is 0. The molecule has 0 spiro atoms. The number of benzene rings is 1. The molecule has 0 radical (unpaired) electrons. The fraction of sp³-hybridized carbons (Fsp3) is 0.600. The van der Waals surface area contributed by atoms with Crippen LogP contribution in [0.5, 0.6) is 0 Å². The van der Waals surface area contributed by atoms with Gasteiger partial charge in [0.05, 0.1) is 0 Å². The van der Waals surface area contributed by atoms with Gasteiger partial charge in [0.15, 0.2) is 0 Å². The standard InChI is InChI=1S/C25H33F/c1-2-5-20-8-14-23(15-9-20)24-16-10-21(11-17-24)6-3-4-7-22-12-18-25(26)19-13-22/h3,6,12-13,18-21,23-24H,2,5,8-11,14-17H2,1H3/b6-3+.